The van der Waals surface area contributed by atoms with Gasteiger partial charge in [-0.2, -0.15) is 0 Å². The van der Waals surface area contributed by atoms with E-state index in [2.05, 4.69) is 25.3 Å². The van der Waals surface area contributed by atoms with Gasteiger partial charge in [-0.25, -0.2) is 9.78 Å². The van der Waals surface area contributed by atoms with Gasteiger partial charge in [0.25, 0.3) is 0 Å². The number of nitrogens with zero attached hydrogens (tertiary/aromatic N) is 2. The lowest BCUT2D eigenvalue weighted by Gasteiger charge is -2.16. The Kier molecular flexibility index (Phi) is 15.5. The third-order valence-corrected chi connectivity index (χ3v) is 5.45. The van der Waals surface area contributed by atoms with Crippen LogP contribution in [-0.4, -0.2) is 49.7 Å². The van der Waals surface area contributed by atoms with Gasteiger partial charge in [-0.15, -0.1) is 35.3 Å². The van der Waals surface area contributed by atoms with Gasteiger partial charge in [-0.05, 0) is 40.5 Å². The number of aromatic nitrogens is 1. The number of hydrogen-bond acceptors (Lipinski definition) is 7. The first-order valence-electron chi connectivity index (χ1n) is 10.2. The summed E-state index contributed by atoms with van der Waals surface area (Å²) in [6.45, 7) is 9.41. The molecule has 8 nitrogen and oxygen atoms in total. The fourth-order valence-electron chi connectivity index (χ4n) is 2.60. The topological polar surface area (TPSA) is 102 Å². The van der Waals surface area contributed by atoms with Gasteiger partial charge >= 0.3 is 11.9 Å². The number of ether oxygens (including phenoxy) is 2. The van der Waals surface area contributed by atoms with E-state index >= 15 is 0 Å². The lowest BCUT2D eigenvalue weighted by Crippen LogP contribution is -2.38. The molecule has 1 atom stereocenters. The number of nitrogens with one attached hydrogen (secondary N) is 2. The molecule has 1 aromatic rings. The van der Waals surface area contributed by atoms with Crippen LogP contribution in [0.25, 0.3) is 0 Å². The van der Waals surface area contributed by atoms with Crippen molar-refractivity contribution in [2.24, 2.45) is 4.99 Å². The monoisotopic (exact) mass is 554 g/mol. The zero-order valence-electron chi connectivity index (χ0n) is 18.6. The molecule has 2 N–H and O–H groups in total. The molecule has 0 saturated carbocycles. The number of unbranched alkanes of at least 4 members (excludes halogenated alkanes) is 3. The maximum Gasteiger partial charge on any atom is 0.350 e. The van der Waals surface area contributed by atoms with E-state index in [1.807, 2.05) is 20.8 Å². The van der Waals surface area contributed by atoms with Crippen molar-refractivity contribution in [1.29, 1.82) is 0 Å². The zero-order valence-corrected chi connectivity index (χ0v) is 21.7. The van der Waals surface area contributed by atoms with E-state index in [1.54, 1.807) is 6.92 Å². The summed E-state index contributed by atoms with van der Waals surface area (Å²) in [5.74, 6) is 0.244. The second-order valence-corrected chi connectivity index (χ2v) is 7.58. The molecule has 172 valence electrons. The first kappa shape index (κ1) is 28.6. The van der Waals surface area contributed by atoms with Crippen LogP contribution in [0.5, 0.6) is 0 Å². The predicted molar refractivity (Wildman–Crippen MR) is 131 cm³/mol. The number of esters is 2. The Morgan fingerprint density at radius 3 is 2.53 bits per heavy atom. The highest BCUT2D eigenvalue weighted by Crippen LogP contribution is 2.24. The molecule has 0 fully saturated rings. The summed E-state index contributed by atoms with van der Waals surface area (Å²) in [7, 11) is 1.41. The van der Waals surface area contributed by atoms with E-state index in [0.717, 1.165) is 43.2 Å². The van der Waals surface area contributed by atoms with Gasteiger partial charge in [0.15, 0.2) is 5.96 Å². The highest BCUT2D eigenvalue weighted by Gasteiger charge is 2.20. The van der Waals surface area contributed by atoms with Crippen LogP contribution < -0.4 is 10.6 Å². The van der Waals surface area contributed by atoms with Crippen molar-refractivity contribution in [1.82, 2.24) is 15.6 Å². The van der Waals surface area contributed by atoms with Crippen molar-refractivity contribution in [3.05, 3.63) is 15.6 Å². The number of carbonyl (C=O) groups is 2. The average Bonchev–Trinajstić information content (AvgIpc) is 3.09. The Balaban J connectivity index is 0.00000841. The summed E-state index contributed by atoms with van der Waals surface area (Å²) in [5.41, 5.74) is 0.686. The number of methoxy groups -OCH3 is 1. The quantitative estimate of drug-likeness (QED) is 0.133. The molecule has 0 aliphatic carbocycles. The second-order valence-electron chi connectivity index (χ2n) is 6.55. The van der Waals surface area contributed by atoms with Crippen LogP contribution in [-0.2, 0) is 14.3 Å². The molecule has 0 bridgehead atoms. The zero-order chi connectivity index (χ0) is 21.6. The summed E-state index contributed by atoms with van der Waals surface area (Å²) in [6.07, 6.45) is 4.28. The molecule has 10 heteroatoms. The summed E-state index contributed by atoms with van der Waals surface area (Å²) in [6, 6.07) is -0.0836. The third kappa shape index (κ3) is 10.6. The first-order valence-corrected chi connectivity index (χ1v) is 11.0. The highest BCUT2D eigenvalue weighted by molar-refractivity contribution is 14.0. The number of hydrogen-bond donors (Lipinski definition) is 2. The van der Waals surface area contributed by atoms with Gasteiger partial charge < -0.3 is 20.1 Å². The number of aryl methyl sites for hydroxylation is 1. The molecule has 1 aromatic heterocycles. The minimum absolute atomic E-state index is 0. The van der Waals surface area contributed by atoms with E-state index < -0.39 is 0 Å². The van der Waals surface area contributed by atoms with E-state index in [-0.39, 0.29) is 42.0 Å². The normalized spacial score (nSPS) is 12.0. The third-order valence-electron chi connectivity index (χ3n) is 4.13. The summed E-state index contributed by atoms with van der Waals surface area (Å²) >= 11 is 1.35. The molecular formula is C20H35IN4O4S. The largest absolute Gasteiger partial charge is 0.469 e. The van der Waals surface area contributed by atoms with Crippen molar-refractivity contribution in [3.8, 4) is 0 Å². The van der Waals surface area contributed by atoms with Crippen LogP contribution in [0.15, 0.2) is 4.99 Å². The SMILES string of the molecule is CCNC(=NCCCCCCC(=O)OC)NC(C)c1nc(C)c(C(=O)OCC)s1.I. The predicted octanol–water partition coefficient (Wildman–Crippen LogP) is 3.99. The van der Waals surface area contributed by atoms with Crippen LogP contribution in [0.3, 0.4) is 0 Å². The Morgan fingerprint density at radius 2 is 1.90 bits per heavy atom. The Morgan fingerprint density at radius 1 is 1.20 bits per heavy atom. The maximum absolute atomic E-state index is 12.0. The molecule has 0 aromatic carbocycles. The molecule has 1 rings (SSSR count). The number of halogens is 1. The first-order chi connectivity index (χ1) is 13.9. The molecule has 0 aliphatic heterocycles. The second kappa shape index (κ2) is 16.3. The van der Waals surface area contributed by atoms with Crippen molar-refractivity contribution in [2.45, 2.75) is 65.8 Å². The average molecular weight is 554 g/mol. The summed E-state index contributed by atoms with van der Waals surface area (Å²) in [4.78, 5) is 32.7. The summed E-state index contributed by atoms with van der Waals surface area (Å²) in [5, 5.41) is 7.40. The van der Waals surface area contributed by atoms with Crippen LogP contribution in [0.2, 0.25) is 0 Å². The Hall–Kier alpha value is -1.43. The minimum Gasteiger partial charge on any atom is -0.469 e. The maximum atomic E-state index is 12.0. The molecular weight excluding hydrogens is 519 g/mol. The number of aliphatic imine (C=N–C) groups is 1. The molecule has 0 saturated heterocycles. The van der Waals surface area contributed by atoms with Gasteiger partial charge in [0, 0.05) is 19.5 Å². The smallest absolute Gasteiger partial charge is 0.350 e. The van der Waals surface area contributed by atoms with Crippen molar-refractivity contribution >= 4 is 53.2 Å². The van der Waals surface area contributed by atoms with E-state index in [1.165, 1.54) is 18.4 Å². The fourth-order valence-corrected chi connectivity index (χ4v) is 3.57. The Bertz CT molecular complexity index is 682. The van der Waals surface area contributed by atoms with Crippen LogP contribution in [0.1, 0.15) is 79.3 Å². The van der Waals surface area contributed by atoms with Crippen LogP contribution >= 0.6 is 35.3 Å². The van der Waals surface area contributed by atoms with Crippen LogP contribution in [0.4, 0.5) is 0 Å². The lowest BCUT2D eigenvalue weighted by atomic mass is 10.1. The minimum atomic E-state index is -0.325. The molecule has 30 heavy (non-hydrogen) atoms. The number of rotatable bonds is 12. The van der Waals surface area contributed by atoms with E-state index in [0.29, 0.717) is 30.1 Å². The van der Waals surface area contributed by atoms with Crippen molar-refractivity contribution in [3.63, 3.8) is 0 Å². The lowest BCUT2D eigenvalue weighted by molar-refractivity contribution is -0.140. The molecule has 0 aliphatic rings. The number of carbonyl (C=O) groups excluding carboxylic acids is 2. The number of thiazole rings is 1. The number of guanidine groups is 1. The van der Waals surface area contributed by atoms with Gasteiger partial charge in [0.2, 0.25) is 0 Å². The van der Waals surface area contributed by atoms with Crippen molar-refractivity contribution in [2.75, 3.05) is 26.8 Å². The molecule has 1 heterocycles. The van der Waals surface area contributed by atoms with Crippen LogP contribution in [0, 0.1) is 6.92 Å². The molecule has 1 unspecified atom stereocenters. The van der Waals surface area contributed by atoms with Gasteiger partial charge in [0.1, 0.15) is 9.88 Å². The van der Waals surface area contributed by atoms with Gasteiger partial charge in [0.05, 0.1) is 25.5 Å². The van der Waals surface area contributed by atoms with E-state index in [9.17, 15) is 9.59 Å². The molecule has 0 radical (unpaired) electrons. The molecule has 0 spiro atoms. The van der Waals surface area contributed by atoms with E-state index in [4.69, 9.17) is 4.74 Å². The fraction of sp³-hybridized carbons (Fsp3) is 0.700. The molecule has 0 amide bonds. The van der Waals surface area contributed by atoms with Gasteiger partial charge in [-0.1, -0.05) is 12.8 Å². The standard InChI is InChI=1S/C20H34N4O4S.HI/c1-6-21-20(22-13-11-9-8-10-12-16(25)27-5)24-15(4)18-23-14(3)17(29-18)19(26)28-7-2;/h15H,6-13H2,1-5H3,(H2,21,22,24);1H. The summed E-state index contributed by atoms with van der Waals surface area (Å²) < 4.78 is 9.72. The van der Waals surface area contributed by atoms with Gasteiger partial charge in [-0.3, -0.25) is 9.79 Å². The van der Waals surface area contributed by atoms with Crippen molar-refractivity contribution < 1.29 is 19.1 Å². The highest BCUT2D eigenvalue weighted by atomic mass is 127. The Labute approximate surface area is 200 Å².